The van der Waals surface area contributed by atoms with Crippen LogP contribution in [-0.2, 0) is 4.79 Å². The number of aliphatic imine (C=N–C) groups is 1. The maximum Gasteiger partial charge on any atom is 0.311 e. The van der Waals surface area contributed by atoms with Gasteiger partial charge < -0.3 is 4.74 Å². The fourth-order valence-electron chi connectivity index (χ4n) is 2.13. The minimum Gasteiger partial charge on any atom is -0.490 e. The first kappa shape index (κ1) is 17.0. The lowest BCUT2D eigenvalue weighted by molar-refractivity contribution is -0.385. The molecule has 1 amide bonds. The smallest absolute Gasteiger partial charge is 0.311 e. The molecule has 0 unspecified atom stereocenters. The Labute approximate surface area is 138 Å². The van der Waals surface area contributed by atoms with Crippen LogP contribution in [0.1, 0.15) is 19.4 Å². The second-order valence-corrected chi connectivity index (χ2v) is 5.61. The van der Waals surface area contributed by atoms with E-state index in [0.717, 1.165) is 0 Å². The molecule has 1 aliphatic rings. The first-order chi connectivity index (χ1) is 11.0. The predicted molar refractivity (Wildman–Crippen MR) is 90.6 cm³/mol. The zero-order valence-corrected chi connectivity index (χ0v) is 13.9. The van der Waals surface area contributed by atoms with Crippen LogP contribution in [0.5, 0.6) is 5.75 Å². The number of likely N-dealkylation sites (N-methyl/N-ethyl adjacent to an activating group) is 1. The van der Waals surface area contributed by atoms with Crippen LogP contribution < -0.4 is 4.74 Å². The first-order valence-electron chi connectivity index (χ1n) is 7.10. The van der Waals surface area contributed by atoms with E-state index < -0.39 is 4.92 Å². The maximum absolute atomic E-state index is 12.4. The predicted octanol–water partition coefficient (Wildman–Crippen LogP) is 2.92. The van der Waals surface area contributed by atoms with Crippen molar-refractivity contribution in [3.05, 3.63) is 38.8 Å². The number of rotatable bonds is 5. The summed E-state index contributed by atoms with van der Waals surface area (Å²) in [6, 6.07) is 4.59. The summed E-state index contributed by atoms with van der Waals surface area (Å²) < 4.78 is 4.97. The lowest BCUT2D eigenvalue weighted by Crippen LogP contribution is -2.28. The second-order valence-electron chi connectivity index (χ2n) is 4.61. The number of amides is 1. The molecular formula is C15H17N3O4S. The summed E-state index contributed by atoms with van der Waals surface area (Å²) in [4.78, 5) is 29.3. The summed E-state index contributed by atoms with van der Waals surface area (Å²) in [5, 5.41) is 11.7. The van der Waals surface area contributed by atoms with Crippen LogP contribution in [0.3, 0.4) is 0 Å². The highest BCUT2D eigenvalue weighted by molar-refractivity contribution is 8.18. The number of nitrogens with zero attached hydrogens (tertiary/aromatic N) is 3. The van der Waals surface area contributed by atoms with Gasteiger partial charge in [0.1, 0.15) is 0 Å². The Bertz CT molecular complexity index is 700. The third-order valence-electron chi connectivity index (χ3n) is 3.20. The van der Waals surface area contributed by atoms with Crippen LogP contribution in [0.25, 0.3) is 6.08 Å². The normalized spacial score (nSPS) is 18.0. The van der Waals surface area contributed by atoms with Crippen LogP contribution in [-0.4, -0.2) is 41.1 Å². The second kappa shape index (κ2) is 7.28. The fourth-order valence-corrected chi connectivity index (χ4v) is 3.24. The SMILES string of the molecule is CCN=C1S/C(=C\c2ccc(OC)c([N+](=O)[O-])c2)C(=O)N1CC. The number of benzene rings is 1. The summed E-state index contributed by atoms with van der Waals surface area (Å²) in [7, 11) is 1.38. The van der Waals surface area contributed by atoms with E-state index >= 15 is 0 Å². The Kier molecular flexibility index (Phi) is 5.38. The van der Waals surface area contributed by atoms with Crippen molar-refractivity contribution < 1.29 is 14.5 Å². The molecule has 0 aliphatic carbocycles. The van der Waals surface area contributed by atoms with Gasteiger partial charge in [0.05, 0.1) is 16.9 Å². The van der Waals surface area contributed by atoms with Crippen LogP contribution in [0.4, 0.5) is 5.69 Å². The molecule has 1 aliphatic heterocycles. The van der Waals surface area contributed by atoms with Gasteiger partial charge in [0, 0.05) is 19.2 Å². The van der Waals surface area contributed by atoms with Gasteiger partial charge in [-0.1, -0.05) is 6.07 Å². The Morgan fingerprint density at radius 3 is 2.74 bits per heavy atom. The maximum atomic E-state index is 12.4. The molecule has 1 heterocycles. The molecule has 1 aromatic rings. The first-order valence-corrected chi connectivity index (χ1v) is 7.91. The zero-order chi connectivity index (χ0) is 17.0. The van der Waals surface area contributed by atoms with Gasteiger partial charge in [-0.2, -0.15) is 0 Å². The molecule has 8 heteroatoms. The number of hydrogen-bond donors (Lipinski definition) is 0. The molecule has 0 bridgehead atoms. The molecular weight excluding hydrogens is 318 g/mol. The molecule has 7 nitrogen and oxygen atoms in total. The number of hydrogen-bond acceptors (Lipinski definition) is 6. The number of nitro benzene ring substituents is 1. The van der Waals surface area contributed by atoms with E-state index in [2.05, 4.69) is 4.99 Å². The molecule has 0 spiro atoms. The van der Waals surface area contributed by atoms with E-state index in [1.807, 2.05) is 13.8 Å². The van der Waals surface area contributed by atoms with Crippen molar-refractivity contribution in [2.45, 2.75) is 13.8 Å². The van der Waals surface area contributed by atoms with Gasteiger partial charge in [-0.25, -0.2) is 0 Å². The summed E-state index contributed by atoms with van der Waals surface area (Å²) in [5.41, 5.74) is 0.439. The average Bonchev–Trinajstić information content (AvgIpc) is 2.82. The van der Waals surface area contributed by atoms with Gasteiger partial charge in [0.2, 0.25) is 0 Å². The monoisotopic (exact) mass is 335 g/mol. The third-order valence-corrected chi connectivity index (χ3v) is 4.24. The van der Waals surface area contributed by atoms with Crippen molar-refractivity contribution in [1.29, 1.82) is 0 Å². The van der Waals surface area contributed by atoms with E-state index in [0.29, 0.717) is 28.7 Å². The van der Waals surface area contributed by atoms with Crippen LogP contribution in [0, 0.1) is 10.1 Å². The summed E-state index contributed by atoms with van der Waals surface area (Å²) in [5.74, 6) is 0.0501. The molecule has 1 aromatic carbocycles. The number of amidine groups is 1. The molecule has 122 valence electrons. The van der Waals surface area contributed by atoms with E-state index in [4.69, 9.17) is 4.74 Å². The van der Waals surface area contributed by atoms with Gasteiger partial charge in [-0.15, -0.1) is 0 Å². The Morgan fingerprint density at radius 1 is 1.43 bits per heavy atom. The topological polar surface area (TPSA) is 85.0 Å². The van der Waals surface area contributed by atoms with Crippen molar-refractivity contribution in [2.75, 3.05) is 20.2 Å². The number of carbonyl (C=O) groups is 1. The highest BCUT2D eigenvalue weighted by Crippen LogP contribution is 2.34. The fraction of sp³-hybridized carbons (Fsp3) is 0.333. The minimum absolute atomic E-state index is 0.132. The molecule has 0 radical (unpaired) electrons. The van der Waals surface area contributed by atoms with Crippen molar-refractivity contribution in [2.24, 2.45) is 4.99 Å². The van der Waals surface area contributed by atoms with Crippen LogP contribution in [0.2, 0.25) is 0 Å². The van der Waals surface area contributed by atoms with E-state index in [1.165, 1.54) is 31.0 Å². The summed E-state index contributed by atoms with van der Waals surface area (Å²) in [6.45, 7) is 4.91. The zero-order valence-electron chi connectivity index (χ0n) is 13.1. The summed E-state index contributed by atoms with van der Waals surface area (Å²) in [6.07, 6.45) is 1.64. The average molecular weight is 335 g/mol. The highest BCUT2D eigenvalue weighted by atomic mass is 32.2. The van der Waals surface area contributed by atoms with E-state index in [-0.39, 0.29) is 17.3 Å². The van der Waals surface area contributed by atoms with E-state index in [1.54, 1.807) is 17.0 Å². The van der Waals surface area contributed by atoms with E-state index in [9.17, 15) is 14.9 Å². The van der Waals surface area contributed by atoms with Crippen molar-refractivity contribution in [1.82, 2.24) is 4.90 Å². The van der Waals surface area contributed by atoms with Gasteiger partial charge >= 0.3 is 5.69 Å². The Balaban J connectivity index is 2.39. The number of ether oxygens (including phenoxy) is 1. The number of thioether (sulfide) groups is 1. The molecule has 1 fully saturated rings. The minimum atomic E-state index is -0.507. The van der Waals surface area contributed by atoms with Crippen LogP contribution in [0.15, 0.2) is 28.1 Å². The lowest BCUT2D eigenvalue weighted by Gasteiger charge is -2.11. The molecule has 2 rings (SSSR count). The van der Waals surface area contributed by atoms with Crippen molar-refractivity contribution in [3.8, 4) is 5.75 Å². The Hall–Kier alpha value is -2.35. The number of nitro groups is 1. The molecule has 0 aromatic heterocycles. The number of carbonyl (C=O) groups excluding carboxylic acids is 1. The summed E-state index contributed by atoms with van der Waals surface area (Å²) >= 11 is 1.28. The van der Waals surface area contributed by atoms with Gasteiger partial charge in [-0.05, 0) is 43.3 Å². The molecule has 0 N–H and O–H groups in total. The largest absolute Gasteiger partial charge is 0.490 e. The van der Waals surface area contributed by atoms with Crippen molar-refractivity contribution >= 4 is 34.6 Å². The van der Waals surface area contributed by atoms with Crippen LogP contribution >= 0.6 is 11.8 Å². The van der Waals surface area contributed by atoms with Crippen molar-refractivity contribution in [3.63, 3.8) is 0 Å². The van der Waals surface area contributed by atoms with Gasteiger partial charge in [-0.3, -0.25) is 24.8 Å². The molecule has 0 atom stereocenters. The van der Waals surface area contributed by atoms with Gasteiger partial charge in [0.25, 0.3) is 5.91 Å². The third kappa shape index (κ3) is 3.53. The standard InChI is InChI=1S/C15H17N3O4S/c1-4-16-15-17(5-2)14(19)13(23-15)9-10-6-7-12(22-3)11(8-10)18(20)21/h6-9H,4-5H2,1-3H3/b13-9-,16-15?. The molecule has 1 saturated heterocycles. The van der Waals surface area contributed by atoms with Gasteiger partial charge in [0.15, 0.2) is 10.9 Å². The Morgan fingerprint density at radius 2 is 2.17 bits per heavy atom. The lowest BCUT2D eigenvalue weighted by atomic mass is 10.1. The highest BCUT2D eigenvalue weighted by Gasteiger charge is 2.31. The quantitative estimate of drug-likeness (QED) is 0.469. The molecule has 0 saturated carbocycles. The number of methoxy groups -OCH3 is 1. The molecule has 23 heavy (non-hydrogen) atoms.